The van der Waals surface area contributed by atoms with Crippen molar-refractivity contribution in [1.29, 1.82) is 0 Å². The van der Waals surface area contributed by atoms with Crippen molar-refractivity contribution in [3.63, 3.8) is 0 Å². The molecule has 2 N–H and O–H groups in total. The molecule has 1 saturated carbocycles. The van der Waals surface area contributed by atoms with E-state index in [0.717, 1.165) is 24.8 Å². The minimum atomic E-state index is 0. The summed E-state index contributed by atoms with van der Waals surface area (Å²) in [5, 5.41) is 6.95. The van der Waals surface area contributed by atoms with Gasteiger partial charge in [-0.3, -0.25) is 4.99 Å². The van der Waals surface area contributed by atoms with E-state index in [1.165, 1.54) is 37.7 Å². The van der Waals surface area contributed by atoms with Crippen molar-refractivity contribution in [1.82, 2.24) is 15.5 Å². The highest BCUT2D eigenvalue weighted by Crippen LogP contribution is 2.17. The second-order valence-corrected chi connectivity index (χ2v) is 6.70. The molecule has 0 amide bonds. The predicted octanol–water partition coefficient (Wildman–Crippen LogP) is 3.24. The van der Waals surface area contributed by atoms with Crippen LogP contribution >= 0.6 is 24.0 Å². The van der Waals surface area contributed by atoms with Crippen LogP contribution < -0.4 is 15.4 Å². The quantitative estimate of drug-likeness (QED) is 0.373. The number of rotatable bonds is 7. The number of guanidine groups is 1. The zero-order chi connectivity index (χ0) is 17.2. The van der Waals surface area contributed by atoms with Crippen LogP contribution in [-0.4, -0.2) is 51.2 Å². The normalized spacial score (nSPS) is 15.6. The summed E-state index contributed by atoms with van der Waals surface area (Å²) in [6.07, 6.45) is 6.50. The molecule has 0 heterocycles. The first-order valence-corrected chi connectivity index (χ1v) is 9.01. The van der Waals surface area contributed by atoms with Gasteiger partial charge in [0, 0.05) is 26.2 Å². The summed E-state index contributed by atoms with van der Waals surface area (Å²) in [5.74, 6) is 1.81. The molecule has 0 aliphatic heterocycles. The van der Waals surface area contributed by atoms with Gasteiger partial charge in [-0.25, -0.2) is 0 Å². The molecule has 1 aliphatic carbocycles. The van der Waals surface area contributed by atoms with Crippen LogP contribution in [0.1, 0.15) is 37.7 Å². The van der Waals surface area contributed by atoms with Crippen LogP contribution in [0.25, 0.3) is 0 Å². The van der Waals surface area contributed by atoms with Gasteiger partial charge < -0.3 is 20.3 Å². The summed E-state index contributed by atoms with van der Waals surface area (Å²) in [6, 6.07) is 8.81. The first-order valence-electron chi connectivity index (χ1n) is 9.01. The Hall–Kier alpha value is -1.02. The van der Waals surface area contributed by atoms with Gasteiger partial charge in [-0.1, -0.05) is 31.4 Å². The average Bonchev–Trinajstić information content (AvgIpc) is 2.59. The van der Waals surface area contributed by atoms with E-state index in [1.807, 2.05) is 19.2 Å². The number of ether oxygens (including phenoxy) is 1. The first kappa shape index (κ1) is 22.0. The van der Waals surface area contributed by atoms with E-state index in [1.54, 1.807) is 0 Å². The maximum Gasteiger partial charge on any atom is 0.191 e. The second kappa shape index (κ2) is 12.4. The highest BCUT2D eigenvalue weighted by atomic mass is 127. The van der Waals surface area contributed by atoms with Gasteiger partial charge in [-0.15, -0.1) is 24.0 Å². The lowest BCUT2D eigenvalue weighted by molar-refractivity contribution is 0.261. The van der Waals surface area contributed by atoms with Gasteiger partial charge in [0.1, 0.15) is 12.4 Å². The fourth-order valence-electron chi connectivity index (χ4n) is 2.91. The summed E-state index contributed by atoms with van der Waals surface area (Å²) >= 11 is 0. The molecule has 0 atom stereocenters. The number of hydrogen-bond donors (Lipinski definition) is 2. The van der Waals surface area contributed by atoms with E-state index in [0.29, 0.717) is 12.6 Å². The van der Waals surface area contributed by atoms with Gasteiger partial charge in [-0.2, -0.15) is 0 Å². The van der Waals surface area contributed by atoms with Crippen molar-refractivity contribution in [2.45, 2.75) is 44.7 Å². The number of likely N-dealkylation sites (N-methyl/N-ethyl adjacent to an activating group) is 1. The van der Waals surface area contributed by atoms with E-state index < -0.39 is 0 Å². The molecule has 142 valence electrons. The smallest absolute Gasteiger partial charge is 0.191 e. The van der Waals surface area contributed by atoms with Crippen molar-refractivity contribution < 1.29 is 4.74 Å². The summed E-state index contributed by atoms with van der Waals surface area (Å²) in [7, 11) is 5.93. The molecule has 0 spiro atoms. The van der Waals surface area contributed by atoms with Gasteiger partial charge in [0.2, 0.25) is 0 Å². The van der Waals surface area contributed by atoms with Gasteiger partial charge >= 0.3 is 0 Å². The molecule has 25 heavy (non-hydrogen) atoms. The Labute approximate surface area is 169 Å². The van der Waals surface area contributed by atoms with Gasteiger partial charge in [0.15, 0.2) is 5.96 Å². The number of halogens is 1. The Balaban J connectivity index is 0.00000312. The van der Waals surface area contributed by atoms with E-state index in [-0.39, 0.29) is 24.0 Å². The number of nitrogens with one attached hydrogen (secondary N) is 2. The van der Waals surface area contributed by atoms with Crippen LogP contribution in [0.4, 0.5) is 0 Å². The molecule has 0 radical (unpaired) electrons. The third-order valence-electron chi connectivity index (χ3n) is 4.34. The Morgan fingerprint density at radius 2 is 2.00 bits per heavy atom. The lowest BCUT2D eigenvalue weighted by Gasteiger charge is -2.25. The third kappa shape index (κ3) is 8.76. The van der Waals surface area contributed by atoms with Crippen LogP contribution in [0.3, 0.4) is 0 Å². The first-order chi connectivity index (χ1) is 11.7. The lowest BCUT2D eigenvalue weighted by atomic mass is 9.96. The highest BCUT2D eigenvalue weighted by Gasteiger charge is 2.14. The summed E-state index contributed by atoms with van der Waals surface area (Å²) in [4.78, 5) is 6.46. The van der Waals surface area contributed by atoms with Crippen molar-refractivity contribution in [3.05, 3.63) is 29.8 Å². The summed E-state index contributed by atoms with van der Waals surface area (Å²) in [5.41, 5.74) is 1.20. The van der Waals surface area contributed by atoms with Crippen LogP contribution in [0.5, 0.6) is 5.75 Å². The van der Waals surface area contributed by atoms with E-state index in [4.69, 9.17) is 4.74 Å². The molecular formula is C19H33IN4O. The Bertz CT molecular complexity index is 516. The number of nitrogens with zero attached hydrogens (tertiary/aromatic N) is 2. The van der Waals surface area contributed by atoms with Gasteiger partial charge in [-0.05, 0) is 44.6 Å². The van der Waals surface area contributed by atoms with E-state index in [9.17, 15) is 0 Å². The van der Waals surface area contributed by atoms with Crippen molar-refractivity contribution in [3.8, 4) is 5.75 Å². The molecule has 1 fully saturated rings. The fourth-order valence-corrected chi connectivity index (χ4v) is 2.91. The molecule has 0 aromatic heterocycles. The highest BCUT2D eigenvalue weighted by molar-refractivity contribution is 14.0. The maximum atomic E-state index is 5.80. The standard InChI is InChI=1S/C19H32N4O.HI/c1-20-19(22-17-9-5-4-6-10-17)21-15-16-8-7-11-18(14-16)24-13-12-23(2)3;/h7-8,11,14,17H,4-6,9-10,12-13,15H2,1-3H3,(H2,20,21,22);1H. The van der Waals surface area contributed by atoms with Crippen LogP contribution in [0, 0.1) is 0 Å². The minimum Gasteiger partial charge on any atom is -0.492 e. The van der Waals surface area contributed by atoms with E-state index >= 15 is 0 Å². The Morgan fingerprint density at radius 3 is 2.68 bits per heavy atom. The molecular weight excluding hydrogens is 427 g/mol. The molecule has 1 aromatic carbocycles. The maximum absolute atomic E-state index is 5.80. The molecule has 1 aliphatic rings. The summed E-state index contributed by atoms with van der Waals surface area (Å²) in [6.45, 7) is 2.37. The average molecular weight is 460 g/mol. The van der Waals surface area contributed by atoms with Gasteiger partial charge in [0.05, 0.1) is 0 Å². The van der Waals surface area contributed by atoms with Crippen LogP contribution in [0.15, 0.2) is 29.3 Å². The Morgan fingerprint density at radius 1 is 1.24 bits per heavy atom. The number of benzene rings is 1. The SMILES string of the molecule is CN=C(NCc1cccc(OCCN(C)C)c1)NC1CCCCC1.I. The molecule has 0 bridgehead atoms. The van der Waals surface area contributed by atoms with E-state index in [2.05, 4.69) is 46.8 Å². The lowest BCUT2D eigenvalue weighted by Crippen LogP contribution is -2.43. The summed E-state index contributed by atoms with van der Waals surface area (Å²) < 4.78 is 5.80. The minimum absolute atomic E-state index is 0. The zero-order valence-corrected chi connectivity index (χ0v) is 18.1. The molecule has 6 heteroatoms. The monoisotopic (exact) mass is 460 g/mol. The van der Waals surface area contributed by atoms with Crippen LogP contribution in [0.2, 0.25) is 0 Å². The van der Waals surface area contributed by atoms with Crippen molar-refractivity contribution >= 4 is 29.9 Å². The molecule has 0 saturated heterocycles. The molecule has 5 nitrogen and oxygen atoms in total. The third-order valence-corrected chi connectivity index (χ3v) is 4.34. The molecule has 1 aromatic rings. The largest absolute Gasteiger partial charge is 0.492 e. The van der Waals surface area contributed by atoms with Gasteiger partial charge in [0.25, 0.3) is 0 Å². The zero-order valence-electron chi connectivity index (χ0n) is 15.8. The van der Waals surface area contributed by atoms with Crippen molar-refractivity contribution in [2.24, 2.45) is 4.99 Å². The Kier molecular flexibility index (Phi) is 10.9. The topological polar surface area (TPSA) is 48.9 Å². The number of hydrogen-bond acceptors (Lipinski definition) is 3. The van der Waals surface area contributed by atoms with Crippen molar-refractivity contribution in [2.75, 3.05) is 34.3 Å². The number of aliphatic imine (C=N–C) groups is 1. The fraction of sp³-hybridized carbons (Fsp3) is 0.632. The second-order valence-electron chi connectivity index (χ2n) is 6.70. The van der Waals surface area contributed by atoms with Crippen LogP contribution in [-0.2, 0) is 6.54 Å². The molecule has 2 rings (SSSR count). The molecule has 0 unspecified atom stereocenters. The predicted molar refractivity (Wildman–Crippen MR) is 116 cm³/mol.